The molecule has 0 spiro atoms. The van der Waals surface area contributed by atoms with Crippen LogP contribution in [0.15, 0.2) is 18.3 Å². The fourth-order valence-corrected chi connectivity index (χ4v) is 10.5. The van der Waals surface area contributed by atoms with Gasteiger partial charge in [-0.1, -0.05) is 4.85 Å². The second kappa shape index (κ2) is 9.89. The molecule has 3 fully saturated rings. The Morgan fingerprint density at radius 3 is 1.53 bits per heavy atom. The molecular formula is C17H28BrF6N7OP2. The predicted molar refractivity (Wildman–Crippen MR) is 124 cm³/mol. The number of halogens is 7. The van der Waals surface area contributed by atoms with Crippen molar-refractivity contribution in [1.29, 1.82) is 0 Å². The van der Waals surface area contributed by atoms with Gasteiger partial charge < -0.3 is 5.21 Å². The summed E-state index contributed by atoms with van der Waals surface area (Å²) < 4.78 is 67.5. The third-order valence-electron chi connectivity index (χ3n) is 5.52. The zero-order valence-corrected chi connectivity index (χ0v) is 21.7. The van der Waals surface area contributed by atoms with Gasteiger partial charge in [-0.15, -0.1) is 19.1 Å². The predicted octanol–water partition coefficient (Wildman–Crippen LogP) is 6.79. The van der Waals surface area contributed by atoms with E-state index in [1.54, 1.807) is 18.3 Å². The maximum Gasteiger partial charge on any atom is 0.219 e. The Morgan fingerprint density at radius 1 is 0.794 bits per heavy atom. The van der Waals surface area contributed by atoms with Gasteiger partial charge in [-0.25, -0.2) is 4.98 Å². The number of pyridine rings is 1. The quantitative estimate of drug-likeness (QED) is 0.236. The Labute approximate surface area is 201 Å². The van der Waals surface area contributed by atoms with Gasteiger partial charge in [-0.3, -0.25) is 0 Å². The fraction of sp³-hybridized carbons (Fsp3) is 0.706. The minimum Gasteiger partial charge on any atom is -0.409 e. The third-order valence-corrected chi connectivity index (χ3v) is 12.9. The summed E-state index contributed by atoms with van der Waals surface area (Å²) in [5.41, 5.74) is 0.965. The molecule has 17 heteroatoms. The van der Waals surface area contributed by atoms with Gasteiger partial charge in [-0.05, 0) is 55.9 Å². The average molecular weight is 602 g/mol. The van der Waals surface area contributed by atoms with Crippen molar-refractivity contribution in [2.45, 2.75) is 38.5 Å². The Bertz CT molecular complexity index is 897. The standard InChI is InChI=1S/C12H24BrN3P.C5H4N4O.F6P/c13-17(14-7-1-2-8-14,15-9-3-4-10-15)16-11-5-6-12-16;10-9-5-4(7-8-9)2-1-3-6-5;1-7(2,3,4,5)6/h1-12H2;1-3,10H;/q+1;;-1. The van der Waals surface area contributed by atoms with E-state index >= 15 is 0 Å². The van der Waals surface area contributed by atoms with E-state index in [9.17, 15) is 25.2 Å². The smallest absolute Gasteiger partial charge is 0.219 e. The molecule has 0 radical (unpaired) electrons. The first-order valence-electron chi connectivity index (χ1n) is 10.9. The fourth-order valence-electron chi connectivity index (χ4n) is 4.15. The SMILES string of the molecule is Br[P+](N1CCCC1)(N1CCCC1)N1CCCC1.F[P-](F)(F)(F)(F)F.On1nnc2cccnc21. The number of aromatic nitrogens is 4. The van der Waals surface area contributed by atoms with Crippen LogP contribution in [0.3, 0.4) is 0 Å². The maximum absolute atomic E-state index is 10.7. The second-order valence-corrected chi connectivity index (χ2v) is 15.7. The number of hydrogen-bond acceptors (Lipinski definition) is 7. The Morgan fingerprint density at radius 2 is 1.18 bits per heavy atom. The number of fused-ring (bicyclic) bond motifs is 1. The van der Waals surface area contributed by atoms with Gasteiger partial charge in [0.05, 0.1) is 0 Å². The van der Waals surface area contributed by atoms with Gasteiger partial charge in [0.15, 0.2) is 0 Å². The van der Waals surface area contributed by atoms with Gasteiger partial charge in [0.1, 0.15) is 5.52 Å². The topological polar surface area (TPSA) is 73.6 Å². The van der Waals surface area contributed by atoms with E-state index in [2.05, 4.69) is 44.8 Å². The molecule has 0 saturated carbocycles. The molecule has 3 aliphatic heterocycles. The van der Waals surface area contributed by atoms with Crippen molar-refractivity contribution in [2.24, 2.45) is 0 Å². The summed E-state index contributed by atoms with van der Waals surface area (Å²) >= 11 is 4.25. The van der Waals surface area contributed by atoms with E-state index in [4.69, 9.17) is 5.21 Å². The third kappa shape index (κ3) is 8.37. The van der Waals surface area contributed by atoms with Crippen LogP contribution in [-0.4, -0.2) is 78.6 Å². The Balaban J connectivity index is 0.000000162. The minimum atomic E-state index is -10.7. The molecule has 0 amide bonds. The van der Waals surface area contributed by atoms with E-state index in [-0.39, 0.29) is 0 Å². The van der Waals surface area contributed by atoms with Crippen LogP contribution in [0.4, 0.5) is 25.2 Å². The summed E-state index contributed by atoms with van der Waals surface area (Å²) in [5.74, 6) is 0. The molecule has 5 heterocycles. The van der Waals surface area contributed by atoms with E-state index < -0.39 is 14.2 Å². The molecule has 2 aromatic heterocycles. The van der Waals surface area contributed by atoms with Crippen LogP contribution in [-0.2, 0) is 0 Å². The van der Waals surface area contributed by atoms with Crippen molar-refractivity contribution in [3.63, 3.8) is 0 Å². The molecule has 0 unspecified atom stereocenters. The monoisotopic (exact) mass is 601 g/mol. The summed E-state index contributed by atoms with van der Waals surface area (Å²) in [6.45, 7) is 7.87. The normalized spacial score (nSPS) is 22.6. The Kier molecular flexibility index (Phi) is 8.07. The van der Waals surface area contributed by atoms with Crippen LogP contribution in [0.25, 0.3) is 11.2 Å². The first-order chi connectivity index (χ1) is 15.6. The van der Waals surface area contributed by atoms with Gasteiger partial charge in [0.25, 0.3) is 6.42 Å². The summed E-state index contributed by atoms with van der Waals surface area (Å²) in [6.07, 6.45) is 8.66. The van der Waals surface area contributed by atoms with E-state index in [1.165, 1.54) is 77.8 Å². The van der Waals surface area contributed by atoms with Crippen LogP contribution >= 0.6 is 29.7 Å². The average Bonchev–Trinajstić information content (AvgIpc) is 3.55. The van der Waals surface area contributed by atoms with Gasteiger partial charge in [0, 0.05) is 45.5 Å². The molecule has 2 aromatic rings. The van der Waals surface area contributed by atoms with E-state index in [0.717, 1.165) is 0 Å². The summed E-state index contributed by atoms with van der Waals surface area (Å²) in [4.78, 5) is 4.48. The molecule has 0 aromatic carbocycles. The molecule has 3 aliphatic rings. The van der Waals surface area contributed by atoms with Crippen LogP contribution in [0.1, 0.15) is 38.5 Å². The number of nitrogens with zero attached hydrogens (tertiary/aromatic N) is 7. The van der Waals surface area contributed by atoms with Crippen LogP contribution in [0.2, 0.25) is 0 Å². The zero-order chi connectivity index (χ0) is 25.1. The van der Waals surface area contributed by atoms with Gasteiger partial charge in [-0.2, -0.15) is 0 Å². The minimum absolute atomic E-state index is 0.377. The number of rotatable bonds is 3. The van der Waals surface area contributed by atoms with Crippen molar-refractivity contribution in [1.82, 2.24) is 34.2 Å². The number of hydrogen-bond donors (Lipinski definition) is 1. The summed E-state index contributed by atoms with van der Waals surface area (Å²) in [7, 11) is -10.7. The largest absolute Gasteiger partial charge is 0.409 e. The summed E-state index contributed by atoms with van der Waals surface area (Å²) in [5, 5.41) is 15.9. The molecule has 1 N–H and O–H groups in total. The van der Waals surface area contributed by atoms with Crippen molar-refractivity contribution >= 4 is 40.9 Å². The van der Waals surface area contributed by atoms with Crippen LogP contribution < -0.4 is 0 Å². The van der Waals surface area contributed by atoms with Gasteiger partial charge in [0.2, 0.25) is 21.1 Å². The Hall–Kier alpha value is -0.850. The summed E-state index contributed by atoms with van der Waals surface area (Å²) in [6, 6.07) is 3.46. The second-order valence-electron chi connectivity index (χ2n) is 8.26. The first kappa shape index (κ1) is 27.7. The molecule has 0 atom stereocenters. The molecule has 196 valence electrons. The van der Waals surface area contributed by atoms with Crippen LogP contribution in [0.5, 0.6) is 0 Å². The molecule has 8 nitrogen and oxygen atoms in total. The first-order valence-corrected chi connectivity index (χ1v) is 16.6. The maximum atomic E-state index is 9.87. The van der Waals surface area contributed by atoms with E-state index in [0.29, 0.717) is 16.0 Å². The molecular weight excluding hydrogens is 574 g/mol. The van der Waals surface area contributed by atoms with Crippen molar-refractivity contribution in [3.05, 3.63) is 18.3 Å². The molecule has 0 bridgehead atoms. The molecule has 34 heavy (non-hydrogen) atoms. The van der Waals surface area contributed by atoms with E-state index in [1.807, 2.05) is 0 Å². The molecule has 0 aliphatic carbocycles. The van der Waals surface area contributed by atoms with Gasteiger partial charge >= 0.3 is 33.0 Å². The molecule has 5 rings (SSSR count). The van der Waals surface area contributed by atoms with Crippen molar-refractivity contribution in [2.75, 3.05) is 39.3 Å². The van der Waals surface area contributed by atoms with Crippen molar-refractivity contribution < 1.29 is 30.4 Å². The van der Waals surface area contributed by atoms with Crippen LogP contribution in [0, 0.1) is 0 Å². The van der Waals surface area contributed by atoms with Crippen molar-refractivity contribution in [3.8, 4) is 0 Å². The molecule has 3 saturated heterocycles. The zero-order valence-electron chi connectivity index (χ0n) is 18.3.